The molecule has 0 saturated heterocycles. The van der Waals surface area contributed by atoms with Crippen molar-refractivity contribution in [2.24, 2.45) is 0 Å². The number of anilines is 1. The molecule has 0 aliphatic heterocycles. The van der Waals surface area contributed by atoms with Gasteiger partial charge in [-0.05, 0) is 24.6 Å². The van der Waals surface area contributed by atoms with Gasteiger partial charge in [-0.15, -0.1) is 10.2 Å². The average molecular weight is 408 g/mol. The quantitative estimate of drug-likeness (QED) is 0.281. The lowest BCUT2D eigenvalue weighted by atomic mass is 10.2. The first-order valence-corrected chi connectivity index (χ1v) is 9.76. The molecule has 2 aromatic carbocycles. The first kappa shape index (κ1) is 18.8. The van der Waals surface area contributed by atoms with Crippen molar-refractivity contribution in [3.63, 3.8) is 0 Å². The van der Waals surface area contributed by atoms with Gasteiger partial charge >= 0.3 is 0 Å². The molecule has 0 aliphatic rings. The van der Waals surface area contributed by atoms with E-state index in [0.29, 0.717) is 28.4 Å². The van der Waals surface area contributed by atoms with Crippen molar-refractivity contribution >= 4 is 51.1 Å². The zero-order valence-corrected chi connectivity index (χ0v) is 16.1. The van der Waals surface area contributed by atoms with Crippen molar-refractivity contribution in [1.82, 2.24) is 20.2 Å². The highest BCUT2D eigenvalue weighted by molar-refractivity contribution is 8.00. The second kappa shape index (κ2) is 7.84. The molecular formula is C19H16N6O3S. The lowest BCUT2D eigenvalue weighted by Crippen LogP contribution is -2.24. The number of fused-ring (bicyclic) bond motifs is 3. The van der Waals surface area contributed by atoms with Crippen LogP contribution in [0.5, 0.6) is 0 Å². The zero-order chi connectivity index (χ0) is 20.4. The maximum Gasteiger partial charge on any atom is 0.269 e. The minimum absolute atomic E-state index is 0.0319. The predicted molar refractivity (Wildman–Crippen MR) is 111 cm³/mol. The first-order chi connectivity index (χ1) is 14.0. The minimum atomic E-state index is -0.485. The van der Waals surface area contributed by atoms with E-state index < -0.39 is 10.2 Å². The zero-order valence-electron chi connectivity index (χ0n) is 15.3. The van der Waals surface area contributed by atoms with E-state index in [0.717, 1.165) is 10.9 Å². The topological polar surface area (TPSA) is 127 Å². The van der Waals surface area contributed by atoms with E-state index in [1.54, 1.807) is 0 Å². The summed E-state index contributed by atoms with van der Waals surface area (Å²) in [6.07, 6.45) is 0.553. The molecule has 2 aromatic heterocycles. The molecule has 146 valence electrons. The van der Waals surface area contributed by atoms with E-state index in [2.05, 4.69) is 25.5 Å². The molecule has 10 heteroatoms. The summed E-state index contributed by atoms with van der Waals surface area (Å²) in [5.41, 5.74) is 2.69. The van der Waals surface area contributed by atoms with Crippen molar-refractivity contribution in [3.05, 3.63) is 58.6 Å². The maximum absolute atomic E-state index is 12.6. The Hall–Kier alpha value is -3.53. The fourth-order valence-corrected chi connectivity index (χ4v) is 3.71. The minimum Gasteiger partial charge on any atom is -0.338 e. The predicted octanol–water partition coefficient (Wildman–Crippen LogP) is 3.92. The molecule has 0 radical (unpaired) electrons. The highest BCUT2D eigenvalue weighted by Crippen LogP contribution is 2.27. The molecule has 1 atom stereocenters. The van der Waals surface area contributed by atoms with Gasteiger partial charge in [0.15, 0.2) is 5.65 Å². The number of amides is 1. The molecule has 0 saturated carbocycles. The van der Waals surface area contributed by atoms with Gasteiger partial charge in [0, 0.05) is 28.7 Å². The number of benzene rings is 2. The van der Waals surface area contributed by atoms with Gasteiger partial charge in [-0.2, -0.15) is 0 Å². The molecule has 0 bridgehead atoms. The Morgan fingerprint density at radius 1 is 1.21 bits per heavy atom. The Balaban J connectivity index is 1.51. The maximum atomic E-state index is 12.6. The highest BCUT2D eigenvalue weighted by atomic mass is 32.2. The lowest BCUT2D eigenvalue weighted by molar-refractivity contribution is -0.384. The monoisotopic (exact) mass is 408 g/mol. The van der Waals surface area contributed by atoms with Gasteiger partial charge in [-0.25, -0.2) is 4.98 Å². The Kier molecular flexibility index (Phi) is 5.09. The van der Waals surface area contributed by atoms with Crippen LogP contribution in [0, 0.1) is 10.1 Å². The number of carbonyl (C=O) groups is 1. The number of nitrogens with one attached hydrogen (secondary N) is 2. The number of nitro benzene ring substituents is 1. The number of hydrogen-bond acceptors (Lipinski definition) is 7. The summed E-state index contributed by atoms with van der Waals surface area (Å²) in [7, 11) is 0. The Bertz CT molecular complexity index is 1210. The summed E-state index contributed by atoms with van der Waals surface area (Å²) in [4.78, 5) is 30.6. The molecule has 2 heterocycles. The number of hydrogen-bond donors (Lipinski definition) is 2. The van der Waals surface area contributed by atoms with E-state index in [4.69, 9.17) is 0 Å². The molecule has 0 aliphatic carbocycles. The van der Waals surface area contributed by atoms with Crippen molar-refractivity contribution in [2.45, 2.75) is 23.8 Å². The number of rotatable bonds is 6. The van der Waals surface area contributed by atoms with Crippen LogP contribution in [0.1, 0.15) is 13.3 Å². The van der Waals surface area contributed by atoms with Crippen molar-refractivity contribution in [1.29, 1.82) is 0 Å². The van der Waals surface area contributed by atoms with E-state index in [1.165, 1.54) is 36.0 Å². The van der Waals surface area contributed by atoms with Crippen molar-refractivity contribution < 1.29 is 9.72 Å². The van der Waals surface area contributed by atoms with Crippen molar-refractivity contribution in [3.8, 4) is 0 Å². The van der Waals surface area contributed by atoms with Crippen LogP contribution in [0.15, 0.2) is 53.7 Å². The van der Waals surface area contributed by atoms with Gasteiger partial charge in [0.25, 0.3) is 5.69 Å². The third-order valence-corrected chi connectivity index (χ3v) is 5.57. The summed E-state index contributed by atoms with van der Waals surface area (Å²) in [6.45, 7) is 1.89. The van der Waals surface area contributed by atoms with Gasteiger partial charge in [-0.1, -0.05) is 36.9 Å². The third-order valence-electron chi connectivity index (χ3n) is 4.36. The van der Waals surface area contributed by atoms with Crippen molar-refractivity contribution in [2.75, 3.05) is 5.32 Å². The number of carbonyl (C=O) groups excluding carboxylic acids is 1. The van der Waals surface area contributed by atoms with Crippen LogP contribution in [0.4, 0.5) is 11.4 Å². The third kappa shape index (κ3) is 3.87. The van der Waals surface area contributed by atoms with Crippen LogP contribution in [-0.4, -0.2) is 36.2 Å². The number of para-hydroxylation sites is 1. The summed E-state index contributed by atoms with van der Waals surface area (Å²) in [6, 6.07) is 13.4. The molecule has 4 rings (SSSR count). The number of non-ortho nitro benzene ring substituents is 1. The molecule has 2 N–H and O–H groups in total. The first-order valence-electron chi connectivity index (χ1n) is 8.88. The fraction of sp³-hybridized carbons (Fsp3) is 0.158. The Morgan fingerprint density at radius 2 is 1.97 bits per heavy atom. The SMILES string of the molecule is CC[C@@H](Sc1nnc2c(n1)[nH]c1ccccc12)C(=O)Nc1ccc([N+](=O)[O-])cc1. The normalized spacial score (nSPS) is 12.2. The van der Waals surface area contributed by atoms with Crippen LogP contribution in [0.25, 0.3) is 22.1 Å². The summed E-state index contributed by atoms with van der Waals surface area (Å²) >= 11 is 1.22. The standard InChI is InChI=1S/C19H16N6O3S/c1-2-15(18(26)20-11-7-9-12(10-8-11)25(27)28)29-19-22-17-16(23-24-19)13-5-3-4-6-14(13)21-17/h3-10,15H,2H2,1H3,(H,20,26)(H,21,22,24)/t15-/m1/s1. The second-order valence-electron chi connectivity index (χ2n) is 6.27. The molecular weight excluding hydrogens is 392 g/mol. The summed E-state index contributed by atoms with van der Waals surface area (Å²) in [5, 5.41) is 22.8. The molecule has 1 amide bonds. The fourth-order valence-electron chi connectivity index (χ4n) is 2.89. The number of thioether (sulfide) groups is 1. The summed E-state index contributed by atoms with van der Waals surface area (Å²) < 4.78 is 0. The van der Waals surface area contributed by atoms with E-state index in [-0.39, 0.29) is 11.6 Å². The van der Waals surface area contributed by atoms with Gasteiger partial charge in [0.05, 0.1) is 10.2 Å². The average Bonchev–Trinajstić information content (AvgIpc) is 3.10. The lowest BCUT2D eigenvalue weighted by Gasteiger charge is -2.13. The van der Waals surface area contributed by atoms with Crippen LogP contribution in [0.2, 0.25) is 0 Å². The largest absolute Gasteiger partial charge is 0.338 e. The highest BCUT2D eigenvalue weighted by Gasteiger charge is 2.21. The number of nitrogens with zero attached hydrogens (tertiary/aromatic N) is 4. The smallest absolute Gasteiger partial charge is 0.269 e. The number of aromatic nitrogens is 4. The molecule has 0 unspecified atom stereocenters. The molecule has 0 spiro atoms. The number of H-pyrrole nitrogens is 1. The van der Waals surface area contributed by atoms with Crippen LogP contribution >= 0.6 is 11.8 Å². The van der Waals surface area contributed by atoms with Gasteiger partial charge in [-0.3, -0.25) is 14.9 Å². The van der Waals surface area contributed by atoms with Gasteiger partial charge in [0.1, 0.15) is 5.52 Å². The molecule has 0 fully saturated rings. The van der Waals surface area contributed by atoms with Crippen LogP contribution in [0.3, 0.4) is 0 Å². The summed E-state index contributed by atoms with van der Waals surface area (Å²) in [5.74, 6) is -0.230. The number of nitro groups is 1. The van der Waals surface area contributed by atoms with Crippen LogP contribution < -0.4 is 5.32 Å². The molecule has 9 nitrogen and oxygen atoms in total. The van der Waals surface area contributed by atoms with Gasteiger partial charge in [0.2, 0.25) is 11.1 Å². The second-order valence-corrected chi connectivity index (χ2v) is 7.44. The van der Waals surface area contributed by atoms with E-state index in [9.17, 15) is 14.9 Å². The van der Waals surface area contributed by atoms with Gasteiger partial charge < -0.3 is 10.3 Å². The van der Waals surface area contributed by atoms with Crippen LogP contribution in [-0.2, 0) is 4.79 Å². The van der Waals surface area contributed by atoms with E-state index >= 15 is 0 Å². The molecule has 29 heavy (non-hydrogen) atoms. The Morgan fingerprint density at radius 3 is 2.69 bits per heavy atom. The van der Waals surface area contributed by atoms with E-state index in [1.807, 2.05) is 31.2 Å². The molecule has 4 aromatic rings. The number of aromatic amines is 1. The Labute approximate surface area is 169 Å².